The molecular formula is C12H19NO3. The third kappa shape index (κ3) is 4.47. The van der Waals surface area contributed by atoms with Gasteiger partial charge in [-0.3, -0.25) is 9.59 Å². The highest BCUT2D eigenvalue weighted by atomic mass is 16.5. The summed E-state index contributed by atoms with van der Waals surface area (Å²) in [6.45, 7) is 3.93. The zero-order valence-electron chi connectivity index (χ0n) is 9.86. The fourth-order valence-corrected chi connectivity index (χ4v) is 1.47. The van der Waals surface area contributed by atoms with Gasteiger partial charge < -0.3 is 10.1 Å². The van der Waals surface area contributed by atoms with E-state index >= 15 is 0 Å². The molecule has 4 heteroatoms. The Morgan fingerprint density at radius 3 is 2.81 bits per heavy atom. The molecule has 1 heterocycles. The Labute approximate surface area is 96.0 Å². The van der Waals surface area contributed by atoms with Crippen LogP contribution in [0.2, 0.25) is 0 Å². The van der Waals surface area contributed by atoms with Crippen LogP contribution in [-0.4, -0.2) is 24.5 Å². The van der Waals surface area contributed by atoms with Gasteiger partial charge in [0.15, 0.2) is 0 Å². The summed E-state index contributed by atoms with van der Waals surface area (Å²) in [5.41, 5.74) is 0. The lowest BCUT2D eigenvalue weighted by Gasteiger charge is -2.16. The Morgan fingerprint density at radius 2 is 2.06 bits per heavy atom. The van der Waals surface area contributed by atoms with Crippen LogP contribution in [0.1, 0.15) is 33.1 Å². The lowest BCUT2D eigenvalue weighted by atomic mass is 10.1. The summed E-state index contributed by atoms with van der Waals surface area (Å²) in [5, 5.41) is 2.78. The first-order valence-corrected chi connectivity index (χ1v) is 5.70. The Balaban J connectivity index is 2.58. The van der Waals surface area contributed by atoms with Crippen LogP contribution in [0.25, 0.3) is 0 Å². The van der Waals surface area contributed by atoms with E-state index in [1.54, 1.807) is 0 Å². The third-order valence-electron chi connectivity index (χ3n) is 2.48. The van der Waals surface area contributed by atoms with E-state index in [0.29, 0.717) is 12.8 Å². The van der Waals surface area contributed by atoms with Crippen molar-refractivity contribution in [3.63, 3.8) is 0 Å². The minimum Gasteiger partial charge on any atom is -0.463 e. The average molecular weight is 225 g/mol. The van der Waals surface area contributed by atoms with E-state index in [1.807, 2.05) is 26.0 Å². The van der Waals surface area contributed by atoms with Crippen LogP contribution in [0, 0.1) is 5.92 Å². The van der Waals surface area contributed by atoms with Crippen LogP contribution < -0.4 is 5.32 Å². The highest BCUT2D eigenvalue weighted by Gasteiger charge is 2.15. The lowest BCUT2D eigenvalue weighted by molar-refractivity contribution is -0.149. The molecule has 0 aromatic carbocycles. The number of ether oxygens (including phenoxy) is 1. The number of carbonyl (C=O) groups is 2. The van der Waals surface area contributed by atoms with Gasteiger partial charge in [0, 0.05) is 6.42 Å². The number of carbonyl (C=O) groups excluding carboxylic acids is 2. The second kappa shape index (κ2) is 6.30. The van der Waals surface area contributed by atoms with Gasteiger partial charge in [0.2, 0.25) is 5.91 Å². The Hall–Kier alpha value is -1.32. The number of cyclic esters (lactones) is 1. The second-order valence-electron chi connectivity index (χ2n) is 4.25. The average Bonchev–Trinajstić information content (AvgIpc) is 2.23. The van der Waals surface area contributed by atoms with Gasteiger partial charge in [0.05, 0.1) is 12.0 Å². The summed E-state index contributed by atoms with van der Waals surface area (Å²) in [4.78, 5) is 22.9. The third-order valence-corrected chi connectivity index (χ3v) is 2.48. The standard InChI is InChI=1S/C12H19NO3/c1-9-6-4-3-5-7-11(14)13-10(2)8-16-12(9)15/h3-4,9-10H,5-8H2,1-2H3,(H,13,14)/b4-3-/t9?,10-/m1/s1. The van der Waals surface area contributed by atoms with E-state index in [1.165, 1.54) is 0 Å². The van der Waals surface area contributed by atoms with Crippen molar-refractivity contribution < 1.29 is 14.3 Å². The molecule has 1 rings (SSSR count). The summed E-state index contributed by atoms with van der Waals surface area (Å²) >= 11 is 0. The molecule has 0 spiro atoms. The second-order valence-corrected chi connectivity index (χ2v) is 4.25. The fourth-order valence-electron chi connectivity index (χ4n) is 1.47. The van der Waals surface area contributed by atoms with Crippen LogP contribution in [0.3, 0.4) is 0 Å². The molecule has 0 saturated heterocycles. The number of allylic oxidation sites excluding steroid dienone is 2. The molecule has 4 nitrogen and oxygen atoms in total. The van der Waals surface area contributed by atoms with Crippen molar-refractivity contribution >= 4 is 11.9 Å². The lowest BCUT2D eigenvalue weighted by Crippen LogP contribution is -2.37. The van der Waals surface area contributed by atoms with E-state index in [9.17, 15) is 9.59 Å². The van der Waals surface area contributed by atoms with Crippen molar-refractivity contribution in [3.8, 4) is 0 Å². The number of amides is 1. The Morgan fingerprint density at radius 1 is 1.31 bits per heavy atom. The van der Waals surface area contributed by atoms with Crippen LogP contribution in [0.5, 0.6) is 0 Å². The van der Waals surface area contributed by atoms with Gasteiger partial charge in [-0.25, -0.2) is 0 Å². The smallest absolute Gasteiger partial charge is 0.309 e. The van der Waals surface area contributed by atoms with Crippen molar-refractivity contribution in [1.29, 1.82) is 0 Å². The van der Waals surface area contributed by atoms with Gasteiger partial charge in [-0.1, -0.05) is 19.1 Å². The summed E-state index contributed by atoms with van der Waals surface area (Å²) in [5.74, 6) is -0.313. The van der Waals surface area contributed by atoms with Gasteiger partial charge in [0.1, 0.15) is 6.61 Å². The first-order valence-electron chi connectivity index (χ1n) is 5.70. The van der Waals surface area contributed by atoms with Crippen molar-refractivity contribution in [3.05, 3.63) is 12.2 Å². The molecule has 2 atom stereocenters. The molecule has 1 N–H and O–H groups in total. The molecule has 0 saturated carbocycles. The first-order chi connectivity index (χ1) is 7.59. The molecular weight excluding hydrogens is 206 g/mol. The topological polar surface area (TPSA) is 55.4 Å². The minimum atomic E-state index is -0.202. The maximum atomic E-state index is 11.5. The van der Waals surface area contributed by atoms with E-state index in [4.69, 9.17) is 4.74 Å². The molecule has 0 fully saturated rings. The monoisotopic (exact) mass is 225 g/mol. The summed E-state index contributed by atoms with van der Waals surface area (Å²) < 4.78 is 5.10. The zero-order chi connectivity index (χ0) is 12.0. The quantitative estimate of drug-likeness (QED) is 0.501. The summed E-state index contributed by atoms with van der Waals surface area (Å²) in [6, 6.07) is -0.118. The van der Waals surface area contributed by atoms with Crippen molar-refractivity contribution in [1.82, 2.24) is 5.32 Å². The molecule has 1 amide bonds. The highest BCUT2D eigenvalue weighted by molar-refractivity contribution is 5.76. The van der Waals surface area contributed by atoms with Crippen LogP contribution >= 0.6 is 0 Å². The van der Waals surface area contributed by atoms with Gasteiger partial charge in [-0.15, -0.1) is 0 Å². The number of hydrogen-bond acceptors (Lipinski definition) is 3. The largest absolute Gasteiger partial charge is 0.463 e. The Bertz CT molecular complexity index is 286. The number of esters is 1. The van der Waals surface area contributed by atoms with Gasteiger partial charge >= 0.3 is 5.97 Å². The molecule has 1 unspecified atom stereocenters. The Kier molecular flexibility index (Phi) is 5.02. The first kappa shape index (κ1) is 12.7. The molecule has 1 aliphatic rings. The predicted octanol–water partition coefficient (Wildman–Crippen LogP) is 1.41. The fraction of sp³-hybridized carbons (Fsp3) is 0.667. The van der Waals surface area contributed by atoms with Gasteiger partial charge in [-0.05, 0) is 19.8 Å². The van der Waals surface area contributed by atoms with Gasteiger partial charge in [0.25, 0.3) is 0 Å². The van der Waals surface area contributed by atoms with E-state index in [-0.39, 0.29) is 30.4 Å². The molecule has 1 aliphatic heterocycles. The molecule has 0 bridgehead atoms. The molecule has 0 aromatic rings. The normalized spacial score (nSPS) is 30.6. The highest BCUT2D eigenvalue weighted by Crippen LogP contribution is 2.07. The van der Waals surface area contributed by atoms with Crippen LogP contribution in [-0.2, 0) is 14.3 Å². The molecule has 0 aromatic heterocycles. The minimum absolute atomic E-state index is 0.00169. The van der Waals surface area contributed by atoms with E-state index < -0.39 is 0 Å². The molecule has 0 aliphatic carbocycles. The maximum absolute atomic E-state index is 11.5. The van der Waals surface area contributed by atoms with E-state index in [0.717, 1.165) is 6.42 Å². The van der Waals surface area contributed by atoms with E-state index in [2.05, 4.69) is 5.32 Å². The van der Waals surface area contributed by atoms with Crippen LogP contribution in [0.15, 0.2) is 12.2 Å². The summed E-state index contributed by atoms with van der Waals surface area (Å²) in [6.07, 6.45) is 5.76. The van der Waals surface area contributed by atoms with Crippen molar-refractivity contribution in [2.75, 3.05) is 6.61 Å². The van der Waals surface area contributed by atoms with Gasteiger partial charge in [-0.2, -0.15) is 0 Å². The molecule has 90 valence electrons. The molecule has 0 radical (unpaired) electrons. The van der Waals surface area contributed by atoms with Crippen molar-refractivity contribution in [2.45, 2.75) is 39.2 Å². The maximum Gasteiger partial charge on any atom is 0.309 e. The van der Waals surface area contributed by atoms with Crippen LogP contribution in [0.4, 0.5) is 0 Å². The SMILES string of the molecule is CC1C/C=C\CCC(=O)N[C@H](C)COC1=O. The molecule has 16 heavy (non-hydrogen) atoms. The number of nitrogens with one attached hydrogen (secondary N) is 1. The summed E-state index contributed by atoms with van der Waals surface area (Å²) in [7, 11) is 0. The number of rotatable bonds is 0. The number of hydrogen-bond donors (Lipinski definition) is 1. The predicted molar refractivity (Wildman–Crippen MR) is 60.7 cm³/mol. The zero-order valence-corrected chi connectivity index (χ0v) is 9.86. The van der Waals surface area contributed by atoms with Crippen molar-refractivity contribution in [2.24, 2.45) is 5.92 Å².